The predicted molar refractivity (Wildman–Crippen MR) is 141 cm³/mol. The third-order valence-corrected chi connectivity index (χ3v) is 6.71. The Kier molecular flexibility index (Phi) is 8.74. The average molecular weight is 463 g/mol. The largest absolute Gasteiger partial charge is 0.497 e. The number of hydrogen-bond donors (Lipinski definition) is 2. The molecule has 1 aliphatic rings. The molecule has 0 atom stereocenters. The SMILES string of the molecule is COc1ccc(-c2cc(NCCCN(C)CCCN3CCC(O)CC3)c3ccccc3n2)cc1. The summed E-state index contributed by atoms with van der Waals surface area (Å²) in [5, 5.41) is 14.5. The van der Waals surface area contributed by atoms with Crippen LogP contribution in [0, 0.1) is 0 Å². The molecule has 1 saturated heterocycles. The van der Waals surface area contributed by atoms with Crippen molar-refractivity contribution in [2.45, 2.75) is 31.8 Å². The number of likely N-dealkylation sites (tertiary alicyclic amines) is 1. The highest BCUT2D eigenvalue weighted by molar-refractivity contribution is 5.93. The fraction of sp³-hybridized carbons (Fsp3) is 0.464. The summed E-state index contributed by atoms with van der Waals surface area (Å²) in [5.41, 5.74) is 4.18. The monoisotopic (exact) mass is 462 g/mol. The number of rotatable bonds is 11. The fourth-order valence-electron chi connectivity index (χ4n) is 4.62. The first-order valence-corrected chi connectivity index (χ1v) is 12.5. The van der Waals surface area contributed by atoms with Gasteiger partial charge in [-0.15, -0.1) is 0 Å². The lowest BCUT2D eigenvalue weighted by molar-refractivity contribution is 0.0808. The molecule has 2 heterocycles. The van der Waals surface area contributed by atoms with E-state index < -0.39 is 0 Å². The first-order chi connectivity index (χ1) is 16.6. The number of aliphatic hydroxyl groups is 1. The van der Waals surface area contributed by atoms with Crippen LogP contribution in [-0.2, 0) is 0 Å². The van der Waals surface area contributed by atoms with Crippen molar-refractivity contribution in [3.8, 4) is 17.0 Å². The summed E-state index contributed by atoms with van der Waals surface area (Å²) in [5.74, 6) is 0.849. The number of methoxy groups -OCH3 is 1. The van der Waals surface area contributed by atoms with Crippen molar-refractivity contribution in [3.63, 3.8) is 0 Å². The molecule has 4 rings (SSSR count). The van der Waals surface area contributed by atoms with Crippen LogP contribution in [0.5, 0.6) is 5.75 Å². The maximum Gasteiger partial charge on any atom is 0.118 e. The molecular formula is C28H38N4O2. The van der Waals surface area contributed by atoms with Crippen molar-refractivity contribution < 1.29 is 9.84 Å². The topological polar surface area (TPSA) is 60.9 Å². The third-order valence-electron chi connectivity index (χ3n) is 6.71. The molecule has 1 aromatic heterocycles. The second-order valence-corrected chi connectivity index (χ2v) is 9.31. The molecule has 2 aromatic carbocycles. The van der Waals surface area contributed by atoms with Gasteiger partial charge in [-0.25, -0.2) is 4.98 Å². The van der Waals surface area contributed by atoms with Crippen LogP contribution < -0.4 is 10.1 Å². The minimum atomic E-state index is -0.0868. The van der Waals surface area contributed by atoms with Gasteiger partial charge in [-0.3, -0.25) is 0 Å². The summed E-state index contributed by atoms with van der Waals surface area (Å²) in [6, 6.07) is 18.5. The van der Waals surface area contributed by atoms with Crippen molar-refractivity contribution in [2.75, 3.05) is 58.7 Å². The van der Waals surface area contributed by atoms with Gasteiger partial charge >= 0.3 is 0 Å². The lowest BCUT2D eigenvalue weighted by Crippen LogP contribution is -2.37. The number of nitrogens with one attached hydrogen (secondary N) is 1. The molecule has 6 nitrogen and oxygen atoms in total. The van der Waals surface area contributed by atoms with E-state index in [0.29, 0.717) is 0 Å². The van der Waals surface area contributed by atoms with Crippen LogP contribution >= 0.6 is 0 Å². The molecule has 0 amide bonds. The molecule has 3 aromatic rings. The number of fused-ring (bicyclic) bond motifs is 1. The van der Waals surface area contributed by atoms with Crippen LogP contribution in [0.15, 0.2) is 54.6 Å². The van der Waals surface area contributed by atoms with Crippen molar-refractivity contribution >= 4 is 16.6 Å². The average Bonchev–Trinajstić information content (AvgIpc) is 2.87. The van der Waals surface area contributed by atoms with Crippen LogP contribution in [0.1, 0.15) is 25.7 Å². The summed E-state index contributed by atoms with van der Waals surface area (Å²) < 4.78 is 5.29. The molecule has 2 N–H and O–H groups in total. The van der Waals surface area contributed by atoms with E-state index in [1.54, 1.807) is 7.11 Å². The summed E-state index contributed by atoms with van der Waals surface area (Å²) in [6.45, 7) is 6.30. The Morgan fingerprint density at radius 3 is 2.56 bits per heavy atom. The van der Waals surface area contributed by atoms with E-state index in [0.717, 1.165) is 92.1 Å². The zero-order valence-electron chi connectivity index (χ0n) is 20.5. The smallest absolute Gasteiger partial charge is 0.118 e. The number of benzene rings is 2. The Balaban J connectivity index is 1.28. The zero-order valence-corrected chi connectivity index (χ0v) is 20.5. The van der Waals surface area contributed by atoms with E-state index in [9.17, 15) is 5.11 Å². The minimum Gasteiger partial charge on any atom is -0.497 e. The Labute approximate surface area is 203 Å². The quantitative estimate of drug-likeness (QED) is 0.410. The van der Waals surface area contributed by atoms with Gasteiger partial charge in [-0.2, -0.15) is 0 Å². The van der Waals surface area contributed by atoms with Crippen LogP contribution in [0.3, 0.4) is 0 Å². The summed E-state index contributed by atoms with van der Waals surface area (Å²) >= 11 is 0. The van der Waals surface area contributed by atoms with Gasteiger partial charge in [0.15, 0.2) is 0 Å². The zero-order chi connectivity index (χ0) is 23.8. The van der Waals surface area contributed by atoms with E-state index in [1.807, 2.05) is 18.2 Å². The summed E-state index contributed by atoms with van der Waals surface area (Å²) in [4.78, 5) is 9.80. The van der Waals surface area contributed by atoms with Crippen LogP contribution in [0.25, 0.3) is 22.2 Å². The standard InChI is InChI=1S/C28H38N4O2/c1-31(17-6-18-32-19-13-23(33)14-20-32)16-5-15-29-28-21-27(22-9-11-24(34-2)12-10-22)30-26-8-4-3-7-25(26)28/h3-4,7-12,21,23,33H,5-6,13-20H2,1-2H3,(H,29,30). The Morgan fingerprint density at radius 1 is 1.06 bits per heavy atom. The van der Waals surface area contributed by atoms with Crippen molar-refractivity contribution in [3.05, 3.63) is 54.6 Å². The number of piperidine rings is 1. The molecule has 0 saturated carbocycles. The molecule has 6 heteroatoms. The molecule has 1 aliphatic heterocycles. The van der Waals surface area contributed by atoms with E-state index in [-0.39, 0.29) is 6.10 Å². The highest BCUT2D eigenvalue weighted by Crippen LogP contribution is 2.29. The first kappa shape index (κ1) is 24.5. The van der Waals surface area contributed by atoms with Gasteiger partial charge in [0.05, 0.1) is 24.4 Å². The third kappa shape index (κ3) is 6.69. The fourth-order valence-corrected chi connectivity index (χ4v) is 4.62. The molecule has 0 bridgehead atoms. The highest BCUT2D eigenvalue weighted by atomic mass is 16.5. The van der Waals surface area contributed by atoms with Gasteiger partial charge < -0.3 is 25.0 Å². The second kappa shape index (κ2) is 12.2. The molecule has 0 aliphatic carbocycles. The number of nitrogens with zero attached hydrogens (tertiary/aromatic N) is 3. The Bertz CT molecular complexity index is 1030. The summed E-state index contributed by atoms with van der Waals surface area (Å²) in [6.07, 6.45) is 4.02. The van der Waals surface area contributed by atoms with Crippen molar-refractivity contribution in [2.24, 2.45) is 0 Å². The van der Waals surface area contributed by atoms with E-state index in [2.05, 4.69) is 58.6 Å². The van der Waals surface area contributed by atoms with Gasteiger partial charge in [-0.1, -0.05) is 18.2 Å². The van der Waals surface area contributed by atoms with Gasteiger partial charge in [0.2, 0.25) is 0 Å². The molecule has 1 fully saturated rings. The van der Waals surface area contributed by atoms with Crippen LogP contribution in [-0.4, -0.2) is 79.4 Å². The van der Waals surface area contributed by atoms with Gasteiger partial charge in [0, 0.05) is 36.3 Å². The number of aliphatic hydroxyl groups excluding tert-OH is 1. The molecule has 0 unspecified atom stereocenters. The van der Waals surface area contributed by atoms with Crippen LogP contribution in [0.2, 0.25) is 0 Å². The van der Waals surface area contributed by atoms with E-state index >= 15 is 0 Å². The number of para-hydroxylation sites is 1. The predicted octanol–water partition coefficient (Wildman–Crippen LogP) is 4.49. The van der Waals surface area contributed by atoms with Crippen molar-refractivity contribution in [1.29, 1.82) is 0 Å². The Hall–Kier alpha value is -2.67. The molecule has 0 radical (unpaired) electrons. The molecule has 182 valence electrons. The maximum atomic E-state index is 9.65. The number of anilines is 1. The summed E-state index contributed by atoms with van der Waals surface area (Å²) in [7, 11) is 3.90. The second-order valence-electron chi connectivity index (χ2n) is 9.31. The molecular weight excluding hydrogens is 424 g/mol. The molecule has 34 heavy (non-hydrogen) atoms. The number of hydrogen-bond acceptors (Lipinski definition) is 6. The molecule has 0 spiro atoms. The Morgan fingerprint density at radius 2 is 1.79 bits per heavy atom. The lowest BCUT2D eigenvalue weighted by Gasteiger charge is -2.30. The highest BCUT2D eigenvalue weighted by Gasteiger charge is 2.16. The van der Waals surface area contributed by atoms with Crippen LogP contribution in [0.4, 0.5) is 5.69 Å². The van der Waals surface area contributed by atoms with Crippen molar-refractivity contribution in [1.82, 2.24) is 14.8 Å². The van der Waals surface area contributed by atoms with E-state index in [4.69, 9.17) is 9.72 Å². The normalized spacial score (nSPS) is 15.2. The maximum absolute atomic E-state index is 9.65. The van der Waals surface area contributed by atoms with E-state index in [1.165, 1.54) is 6.42 Å². The number of pyridine rings is 1. The van der Waals surface area contributed by atoms with Gasteiger partial charge in [0.1, 0.15) is 5.75 Å². The van der Waals surface area contributed by atoms with Gasteiger partial charge in [0.25, 0.3) is 0 Å². The minimum absolute atomic E-state index is 0.0868. The number of aromatic nitrogens is 1. The lowest BCUT2D eigenvalue weighted by atomic mass is 10.1. The first-order valence-electron chi connectivity index (χ1n) is 12.5. The number of ether oxygens (including phenoxy) is 1. The van der Waals surface area contributed by atoms with Gasteiger partial charge in [-0.05, 0) is 88.8 Å².